The Morgan fingerprint density at radius 2 is 1.89 bits per heavy atom. The van der Waals surface area contributed by atoms with Gasteiger partial charge in [0.05, 0.1) is 37.7 Å². The Kier molecular flexibility index (Phi) is 14.0. The Labute approximate surface area is 225 Å². The summed E-state index contributed by atoms with van der Waals surface area (Å²) in [4.78, 5) is 36.4. The number of hydrogen-bond donors (Lipinski definition) is 2. The van der Waals surface area contributed by atoms with Crippen molar-refractivity contribution in [2.75, 3.05) is 39.2 Å². The van der Waals surface area contributed by atoms with Gasteiger partial charge >= 0.3 is 0 Å². The molecule has 10 heteroatoms. The number of pyridine rings is 2. The molecule has 0 spiro atoms. The first-order valence-electron chi connectivity index (χ1n) is 13.4. The van der Waals surface area contributed by atoms with Crippen LogP contribution in [0.25, 0.3) is 22.3 Å². The first-order chi connectivity index (χ1) is 18.6. The van der Waals surface area contributed by atoms with E-state index in [1.54, 1.807) is 36.2 Å². The molecule has 0 bridgehead atoms. The van der Waals surface area contributed by atoms with Crippen LogP contribution in [0.2, 0.25) is 0 Å². The van der Waals surface area contributed by atoms with Crippen molar-refractivity contribution in [1.29, 1.82) is 0 Å². The first-order valence-corrected chi connectivity index (χ1v) is 13.4. The van der Waals surface area contributed by atoms with Crippen molar-refractivity contribution in [3.63, 3.8) is 0 Å². The standard InChI is InChI=1S/C19H21N5O4.C7H15N.C2H6/c1-3-28-9-7-24-16-10-14(13-4-5-17(27-2)22-11-13)21-12-15(16)23-18(19(24)26)20-6-8-25;1-8-7-5-3-2-4-6-7;1-2/h4-5,8,10-12H,3,6-7,9H2,1-2H3,(H,20,23);7-8H,2-6H2,1H3;1-2H3. The van der Waals surface area contributed by atoms with Crippen LogP contribution in [-0.2, 0) is 16.1 Å². The zero-order chi connectivity index (χ0) is 27.8. The minimum atomic E-state index is -0.320. The summed E-state index contributed by atoms with van der Waals surface area (Å²) in [7, 11) is 3.62. The van der Waals surface area contributed by atoms with Crippen molar-refractivity contribution in [2.45, 2.75) is 65.5 Å². The zero-order valence-electron chi connectivity index (χ0n) is 23.3. The van der Waals surface area contributed by atoms with Crippen LogP contribution in [0, 0.1) is 0 Å². The molecule has 0 saturated heterocycles. The maximum absolute atomic E-state index is 12.8. The fraction of sp³-hybridized carbons (Fsp3) is 0.536. The summed E-state index contributed by atoms with van der Waals surface area (Å²) in [6.07, 6.45) is 11.1. The summed E-state index contributed by atoms with van der Waals surface area (Å²) in [6.45, 7) is 7.18. The van der Waals surface area contributed by atoms with Crippen molar-refractivity contribution >= 4 is 23.1 Å². The van der Waals surface area contributed by atoms with E-state index in [2.05, 4.69) is 32.6 Å². The van der Waals surface area contributed by atoms with Gasteiger partial charge in [-0.25, -0.2) is 9.97 Å². The van der Waals surface area contributed by atoms with E-state index in [4.69, 9.17) is 9.47 Å². The second kappa shape index (κ2) is 17.2. The predicted molar refractivity (Wildman–Crippen MR) is 152 cm³/mol. The fourth-order valence-electron chi connectivity index (χ4n) is 4.12. The van der Waals surface area contributed by atoms with Crippen LogP contribution < -0.4 is 20.9 Å². The van der Waals surface area contributed by atoms with Gasteiger partial charge in [-0.15, -0.1) is 0 Å². The molecule has 0 radical (unpaired) electrons. The highest BCUT2D eigenvalue weighted by atomic mass is 16.5. The van der Waals surface area contributed by atoms with Crippen LogP contribution in [0.3, 0.4) is 0 Å². The van der Waals surface area contributed by atoms with Gasteiger partial charge in [0.1, 0.15) is 11.8 Å². The molecule has 3 aromatic heterocycles. The molecule has 38 heavy (non-hydrogen) atoms. The van der Waals surface area contributed by atoms with Gasteiger partial charge in [0.15, 0.2) is 5.82 Å². The second-order valence-corrected chi connectivity index (χ2v) is 8.43. The lowest BCUT2D eigenvalue weighted by Crippen LogP contribution is -2.27. The maximum atomic E-state index is 12.8. The molecule has 0 unspecified atom stereocenters. The molecule has 3 aromatic rings. The molecule has 10 nitrogen and oxygen atoms in total. The Morgan fingerprint density at radius 1 is 1.13 bits per heavy atom. The maximum Gasteiger partial charge on any atom is 0.293 e. The SMILES string of the molecule is CC.CCOCCn1c(=O)c(NCC=O)nc2cnc(-c3ccc(OC)nc3)cc21.CNC1CCCCC1. The fourth-order valence-corrected chi connectivity index (χ4v) is 4.12. The molecule has 0 aromatic carbocycles. The summed E-state index contributed by atoms with van der Waals surface area (Å²) in [5.41, 5.74) is 2.29. The van der Waals surface area contributed by atoms with Crippen LogP contribution >= 0.6 is 0 Å². The number of hydrogen-bond acceptors (Lipinski definition) is 9. The highest BCUT2D eigenvalue weighted by Gasteiger charge is 2.13. The molecule has 3 heterocycles. The zero-order valence-corrected chi connectivity index (χ0v) is 23.3. The molecule has 0 atom stereocenters. The van der Waals surface area contributed by atoms with Crippen molar-refractivity contribution in [2.24, 2.45) is 0 Å². The van der Waals surface area contributed by atoms with E-state index in [9.17, 15) is 9.59 Å². The molecule has 1 saturated carbocycles. The third-order valence-corrected chi connectivity index (χ3v) is 6.10. The lowest BCUT2D eigenvalue weighted by atomic mass is 9.96. The highest BCUT2D eigenvalue weighted by Crippen LogP contribution is 2.22. The van der Waals surface area contributed by atoms with E-state index in [1.807, 2.05) is 26.8 Å². The Bertz CT molecular complexity index is 1160. The minimum Gasteiger partial charge on any atom is -0.481 e. The largest absolute Gasteiger partial charge is 0.481 e. The Morgan fingerprint density at radius 3 is 2.47 bits per heavy atom. The van der Waals surface area contributed by atoms with E-state index >= 15 is 0 Å². The average molecular weight is 527 g/mol. The third-order valence-electron chi connectivity index (χ3n) is 6.10. The van der Waals surface area contributed by atoms with Crippen LogP contribution in [-0.4, -0.2) is 65.8 Å². The van der Waals surface area contributed by atoms with Crippen LogP contribution in [0.5, 0.6) is 5.88 Å². The highest BCUT2D eigenvalue weighted by molar-refractivity contribution is 5.80. The molecule has 2 N–H and O–H groups in total. The lowest BCUT2D eigenvalue weighted by molar-refractivity contribution is -0.106. The van der Waals surface area contributed by atoms with Crippen LogP contribution in [0.4, 0.5) is 5.82 Å². The number of nitrogens with zero attached hydrogens (tertiary/aromatic N) is 4. The van der Waals surface area contributed by atoms with Gasteiger partial charge in [-0.1, -0.05) is 33.1 Å². The Balaban J connectivity index is 0.000000428. The summed E-state index contributed by atoms with van der Waals surface area (Å²) in [5, 5.41) is 6.04. The molecule has 1 aliphatic rings. The number of carbonyl (C=O) groups excluding carboxylic acids is 1. The van der Waals surface area contributed by atoms with E-state index in [1.165, 1.54) is 32.1 Å². The van der Waals surface area contributed by atoms with Gasteiger partial charge in [0, 0.05) is 37.0 Å². The number of carbonyl (C=O) groups is 1. The normalized spacial score (nSPS) is 13.1. The molecular weight excluding hydrogens is 484 g/mol. The van der Waals surface area contributed by atoms with E-state index in [0.29, 0.717) is 48.7 Å². The number of ether oxygens (including phenoxy) is 2. The number of fused-ring (bicyclic) bond motifs is 1. The molecule has 1 fully saturated rings. The minimum absolute atomic E-state index is 0.00222. The van der Waals surface area contributed by atoms with Gasteiger partial charge in [0.2, 0.25) is 5.88 Å². The van der Waals surface area contributed by atoms with Crippen molar-refractivity contribution in [1.82, 2.24) is 24.8 Å². The van der Waals surface area contributed by atoms with E-state index in [0.717, 1.165) is 11.6 Å². The van der Waals surface area contributed by atoms with Crippen molar-refractivity contribution < 1.29 is 14.3 Å². The van der Waals surface area contributed by atoms with Gasteiger partial charge in [-0.3, -0.25) is 9.78 Å². The summed E-state index contributed by atoms with van der Waals surface area (Å²) in [6, 6.07) is 6.22. The molecule has 1 aliphatic carbocycles. The number of anilines is 1. The van der Waals surface area contributed by atoms with Crippen molar-refractivity contribution in [3.05, 3.63) is 40.9 Å². The number of rotatable bonds is 10. The smallest absolute Gasteiger partial charge is 0.293 e. The van der Waals surface area contributed by atoms with Gasteiger partial charge in [-0.05, 0) is 38.9 Å². The average Bonchev–Trinajstić information content (AvgIpc) is 2.99. The second-order valence-electron chi connectivity index (χ2n) is 8.43. The molecule has 0 amide bonds. The molecular formula is C28H42N6O4. The predicted octanol–water partition coefficient (Wildman–Crippen LogP) is 4.07. The van der Waals surface area contributed by atoms with Gasteiger partial charge in [0.25, 0.3) is 5.56 Å². The van der Waals surface area contributed by atoms with Gasteiger partial charge < -0.3 is 29.5 Å². The number of aromatic nitrogens is 4. The number of nitrogens with one attached hydrogen (secondary N) is 2. The quantitative estimate of drug-likeness (QED) is 0.297. The van der Waals surface area contributed by atoms with Gasteiger partial charge in [-0.2, -0.15) is 0 Å². The van der Waals surface area contributed by atoms with Crippen LogP contribution in [0.15, 0.2) is 35.4 Å². The summed E-state index contributed by atoms with van der Waals surface area (Å²) >= 11 is 0. The molecule has 4 rings (SSSR count). The molecule has 0 aliphatic heterocycles. The first kappa shape index (κ1) is 30.9. The third kappa shape index (κ3) is 8.88. The van der Waals surface area contributed by atoms with E-state index < -0.39 is 0 Å². The van der Waals surface area contributed by atoms with Crippen LogP contribution in [0.1, 0.15) is 52.9 Å². The number of methoxy groups -OCH3 is 1. The number of aldehydes is 1. The topological polar surface area (TPSA) is 120 Å². The monoisotopic (exact) mass is 526 g/mol. The van der Waals surface area contributed by atoms with Crippen molar-refractivity contribution in [3.8, 4) is 17.1 Å². The summed E-state index contributed by atoms with van der Waals surface area (Å²) < 4.78 is 12.1. The Hall–Kier alpha value is -3.37. The summed E-state index contributed by atoms with van der Waals surface area (Å²) in [5.74, 6) is 0.613. The molecule has 208 valence electrons. The lowest BCUT2D eigenvalue weighted by Gasteiger charge is -2.20. The van der Waals surface area contributed by atoms with E-state index in [-0.39, 0.29) is 17.9 Å².